The summed E-state index contributed by atoms with van der Waals surface area (Å²) in [6.07, 6.45) is 4.82. The lowest BCUT2D eigenvalue weighted by atomic mass is 9.85. The maximum atomic E-state index is 14.4. The number of esters is 2. The van der Waals surface area contributed by atoms with Crippen molar-refractivity contribution in [1.29, 1.82) is 0 Å². The minimum absolute atomic E-state index is 0.0740. The van der Waals surface area contributed by atoms with E-state index in [9.17, 15) is 14.4 Å². The molecule has 1 spiro atoms. The average molecular weight is 566 g/mol. The van der Waals surface area contributed by atoms with Gasteiger partial charge in [0.15, 0.2) is 0 Å². The van der Waals surface area contributed by atoms with E-state index in [4.69, 9.17) is 25.1 Å². The van der Waals surface area contributed by atoms with Gasteiger partial charge in [0.2, 0.25) is 11.9 Å². The molecule has 5 rings (SSSR count). The Morgan fingerprint density at radius 2 is 1.49 bits per heavy atom. The van der Waals surface area contributed by atoms with Crippen molar-refractivity contribution < 1.29 is 38.2 Å². The summed E-state index contributed by atoms with van der Waals surface area (Å²) in [6, 6.07) is 18.1. The first-order chi connectivity index (χ1) is 19.7. The highest BCUT2D eigenvalue weighted by Gasteiger charge is 2.57. The SMILES string of the molecule is C[C@H](OC(=O)[C@@H](N)CCC(=O)O)OC(C(=O)OC1CC2CCC(C1)[N+]21CCCC1)(c1ccccc1)c1ccccc1. The van der Waals surface area contributed by atoms with Crippen LogP contribution in [0.5, 0.6) is 0 Å². The monoisotopic (exact) mass is 565 g/mol. The van der Waals surface area contributed by atoms with Gasteiger partial charge in [0.25, 0.3) is 0 Å². The Kier molecular flexibility index (Phi) is 8.77. The summed E-state index contributed by atoms with van der Waals surface area (Å²) >= 11 is 0. The van der Waals surface area contributed by atoms with E-state index in [1.54, 1.807) is 24.3 Å². The van der Waals surface area contributed by atoms with Gasteiger partial charge in [0, 0.05) is 44.9 Å². The number of hydrogen-bond donors (Lipinski definition) is 2. The minimum atomic E-state index is -1.70. The second-order valence-electron chi connectivity index (χ2n) is 11.7. The normalized spacial score (nSPS) is 24.5. The highest BCUT2D eigenvalue weighted by atomic mass is 16.7. The summed E-state index contributed by atoms with van der Waals surface area (Å²) in [5, 5.41) is 8.94. The maximum absolute atomic E-state index is 14.4. The van der Waals surface area contributed by atoms with E-state index in [-0.39, 0.29) is 18.9 Å². The van der Waals surface area contributed by atoms with E-state index < -0.39 is 35.8 Å². The number of rotatable bonds is 11. The van der Waals surface area contributed by atoms with E-state index in [2.05, 4.69) is 0 Å². The van der Waals surface area contributed by atoms with Crippen molar-refractivity contribution in [2.75, 3.05) is 13.1 Å². The number of carbonyl (C=O) groups excluding carboxylic acids is 2. The summed E-state index contributed by atoms with van der Waals surface area (Å²) in [5.74, 6) is -2.40. The van der Waals surface area contributed by atoms with Crippen LogP contribution in [0.4, 0.5) is 0 Å². The van der Waals surface area contributed by atoms with Gasteiger partial charge in [-0.3, -0.25) is 9.59 Å². The Morgan fingerprint density at radius 3 is 2.00 bits per heavy atom. The minimum Gasteiger partial charge on any atom is -0.481 e. The predicted octanol–water partition coefficient (Wildman–Crippen LogP) is 3.88. The number of ether oxygens (including phenoxy) is 3. The number of quaternary nitrogens is 1. The number of carboxylic acids is 1. The Labute approximate surface area is 241 Å². The Morgan fingerprint density at radius 1 is 0.951 bits per heavy atom. The van der Waals surface area contributed by atoms with Crippen LogP contribution in [0, 0.1) is 0 Å². The molecule has 2 aromatic carbocycles. The van der Waals surface area contributed by atoms with Gasteiger partial charge >= 0.3 is 17.9 Å². The van der Waals surface area contributed by atoms with Gasteiger partial charge in [-0.15, -0.1) is 0 Å². The molecule has 220 valence electrons. The zero-order chi connectivity index (χ0) is 29.0. The molecular weight excluding hydrogens is 524 g/mol. The molecule has 2 aromatic rings. The lowest BCUT2D eigenvalue weighted by Crippen LogP contribution is -2.60. The number of hydrogen-bond acceptors (Lipinski definition) is 7. The van der Waals surface area contributed by atoms with Crippen LogP contribution in [0.1, 0.15) is 69.4 Å². The van der Waals surface area contributed by atoms with Gasteiger partial charge in [-0.25, -0.2) is 4.79 Å². The smallest absolute Gasteiger partial charge is 0.348 e. The third-order valence-corrected chi connectivity index (χ3v) is 9.27. The van der Waals surface area contributed by atoms with E-state index in [0.717, 1.165) is 12.8 Å². The van der Waals surface area contributed by atoms with E-state index in [0.29, 0.717) is 23.2 Å². The first-order valence-corrected chi connectivity index (χ1v) is 14.8. The van der Waals surface area contributed by atoms with Gasteiger partial charge in [-0.2, -0.15) is 0 Å². The molecule has 3 aliphatic rings. The van der Waals surface area contributed by atoms with Gasteiger partial charge in [0.1, 0.15) is 12.1 Å². The molecule has 3 fully saturated rings. The molecule has 0 saturated carbocycles. The second-order valence-corrected chi connectivity index (χ2v) is 11.7. The van der Waals surface area contributed by atoms with Crippen molar-refractivity contribution in [1.82, 2.24) is 0 Å². The van der Waals surface area contributed by atoms with Crippen molar-refractivity contribution >= 4 is 17.9 Å². The Bertz CT molecular complexity index is 1160. The number of carbonyl (C=O) groups is 3. The van der Waals surface area contributed by atoms with Gasteiger partial charge in [-0.1, -0.05) is 60.7 Å². The molecule has 0 radical (unpaired) electrons. The molecule has 2 bridgehead atoms. The van der Waals surface area contributed by atoms with Gasteiger partial charge < -0.3 is 29.5 Å². The standard InChI is InChI=1S/C32H40N2O7/c1-22(39-30(37)28(33)16-17-29(35)36)41-32(23-10-4-2-5-11-23,24-12-6-3-7-13-24)31(38)40-27-20-25-14-15-26(21-27)34(25)18-8-9-19-34/h2-7,10-13,22,25-28H,8-9,14-21,33H2,1H3/p+1/t22-,25?,26?,27?,28+/m1/s1. The molecule has 3 heterocycles. The predicted molar refractivity (Wildman–Crippen MR) is 150 cm³/mol. The van der Waals surface area contributed by atoms with Crippen LogP contribution in [0.2, 0.25) is 0 Å². The third kappa shape index (κ3) is 5.89. The van der Waals surface area contributed by atoms with Crippen molar-refractivity contribution in [3.05, 3.63) is 71.8 Å². The molecule has 0 amide bonds. The Hall–Kier alpha value is -3.27. The zero-order valence-electron chi connectivity index (χ0n) is 23.7. The fourth-order valence-corrected chi connectivity index (χ4v) is 7.39. The molecule has 4 atom stereocenters. The quantitative estimate of drug-likeness (QED) is 0.239. The highest BCUT2D eigenvalue weighted by Crippen LogP contribution is 2.47. The first kappa shape index (κ1) is 29.2. The largest absolute Gasteiger partial charge is 0.481 e. The van der Waals surface area contributed by atoms with Gasteiger partial charge in [0.05, 0.1) is 25.2 Å². The molecule has 3 N–H and O–H groups in total. The van der Waals surface area contributed by atoms with Crippen LogP contribution < -0.4 is 5.73 Å². The molecule has 3 aliphatic heterocycles. The average Bonchev–Trinajstić information content (AvgIpc) is 3.51. The summed E-state index contributed by atoms with van der Waals surface area (Å²) in [6.45, 7) is 3.99. The fraction of sp³-hybridized carbons (Fsp3) is 0.531. The first-order valence-electron chi connectivity index (χ1n) is 14.8. The van der Waals surface area contributed by atoms with Crippen LogP contribution in [-0.4, -0.2) is 71.1 Å². The van der Waals surface area contributed by atoms with Crippen LogP contribution in [0.25, 0.3) is 0 Å². The number of nitrogens with zero attached hydrogens (tertiary/aromatic N) is 1. The van der Waals surface area contributed by atoms with Crippen molar-refractivity contribution in [2.45, 2.75) is 94.4 Å². The summed E-state index contributed by atoms with van der Waals surface area (Å²) in [5.41, 5.74) is 5.28. The van der Waals surface area contributed by atoms with Crippen LogP contribution in [-0.2, 0) is 34.2 Å². The van der Waals surface area contributed by atoms with Gasteiger partial charge in [-0.05, 0) is 24.5 Å². The third-order valence-electron chi connectivity index (χ3n) is 9.27. The molecular formula is C32H41N2O7+. The number of nitrogens with two attached hydrogens (primary N) is 1. The topological polar surface area (TPSA) is 125 Å². The summed E-state index contributed by atoms with van der Waals surface area (Å²) in [4.78, 5) is 38.0. The van der Waals surface area contributed by atoms with E-state index in [1.807, 2.05) is 36.4 Å². The van der Waals surface area contributed by atoms with E-state index >= 15 is 0 Å². The second kappa shape index (κ2) is 12.3. The molecule has 9 nitrogen and oxygen atoms in total. The van der Waals surface area contributed by atoms with Crippen LogP contribution >= 0.6 is 0 Å². The molecule has 9 heteroatoms. The van der Waals surface area contributed by atoms with Crippen LogP contribution in [0.15, 0.2) is 60.7 Å². The molecule has 2 unspecified atom stereocenters. The van der Waals surface area contributed by atoms with Crippen molar-refractivity contribution in [3.63, 3.8) is 0 Å². The number of carboxylic acid groups (broad SMARTS) is 1. The summed E-state index contributed by atoms with van der Waals surface area (Å²) in [7, 11) is 0. The van der Waals surface area contributed by atoms with E-state index in [1.165, 1.54) is 50.2 Å². The molecule has 41 heavy (non-hydrogen) atoms. The van der Waals surface area contributed by atoms with Crippen molar-refractivity contribution in [3.8, 4) is 0 Å². The zero-order valence-corrected chi connectivity index (χ0v) is 23.7. The van der Waals surface area contributed by atoms with Crippen molar-refractivity contribution in [2.24, 2.45) is 5.73 Å². The molecule has 0 aromatic heterocycles. The number of piperidine rings is 1. The maximum Gasteiger partial charge on any atom is 0.348 e. The van der Waals surface area contributed by atoms with Crippen LogP contribution in [0.3, 0.4) is 0 Å². The highest BCUT2D eigenvalue weighted by molar-refractivity contribution is 5.86. The summed E-state index contributed by atoms with van der Waals surface area (Å²) < 4.78 is 19.5. The molecule has 3 saturated heterocycles. The number of benzene rings is 2. The molecule has 0 aliphatic carbocycles. The fourth-order valence-electron chi connectivity index (χ4n) is 7.39. The Balaban J connectivity index is 1.41. The number of aliphatic carboxylic acids is 1. The lowest BCUT2D eigenvalue weighted by molar-refractivity contribution is -0.956. The lowest BCUT2D eigenvalue weighted by Gasteiger charge is -2.47.